The minimum Gasteiger partial charge on any atom is -0.469 e. The molecule has 1 aliphatic carbocycles. The van der Waals surface area contributed by atoms with E-state index in [1.807, 2.05) is 56.5 Å². The van der Waals surface area contributed by atoms with Crippen molar-refractivity contribution in [1.82, 2.24) is 50.3 Å². The van der Waals surface area contributed by atoms with Crippen LogP contribution in [0, 0.1) is 29.5 Å². The van der Waals surface area contributed by atoms with Gasteiger partial charge in [-0.1, -0.05) is 33.8 Å². The van der Waals surface area contributed by atoms with Crippen molar-refractivity contribution in [1.29, 1.82) is 0 Å². The number of methoxy groups -OCH3 is 2. The normalized spacial score (nSPS) is 21.7. The van der Waals surface area contributed by atoms with Gasteiger partial charge in [0, 0.05) is 48.5 Å². The number of nitrogens with zero attached hydrogens (tertiary/aromatic N) is 5. The zero-order valence-electron chi connectivity index (χ0n) is 38.6. The standard InChI is InChI=1S/C48H57FN10O8/c1-23(2)39(55-47(63)65-6)44(61)57-14-8-10-34(57)41-51-21-31(53-41)25-12-13-33-27(16-25)18-36-38-30(49)17-26(19-37(38)67-46(59(33)36)29-20-28(29)43(60)50-5)32-22-52-42(54-32)35-11-9-15-58(35)45(62)40(24(3)4)56-48(64)66-7/h12-13,16-19,21-24,28-29,34-35,39-40,46H,8-11,14-15,20H2,1-7H3,(H,50,60)(H,51,53)(H,52,54)(H,55,63)(H,56,64)/t28?,29?,34-,35-,39-,40-,46?/m0/s1. The average molecular weight is 921 g/mol. The zero-order chi connectivity index (χ0) is 47.4. The predicted octanol–water partition coefficient (Wildman–Crippen LogP) is 6.59. The van der Waals surface area contributed by atoms with Crippen LogP contribution in [0.15, 0.2) is 48.8 Å². The Balaban J connectivity index is 1.02. The molecule has 5 amide bonds. The van der Waals surface area contributed by atoms with E-state index in [1.165, 1.54) is 20.3 Å². The number of H-pyrrole nitrogens is 2. The fourth-order valence-corrected chi connectivity index (χ4v) is 10.1. The van der Waals surface area contributed by atoms with Gasteiger partial charge in [-0.2, -0.15) is 0 Å². The number of hydrogen-bond donors (Lipinski definition) is 5. The molecule has 3 aliphatic heterocycles. The molecule has 0 radical (unpaired) electrons. The van der Waals surface area contributed by atoms with Crippen molar-refractivity contribution >= 4 is 40.8 Å². The molecule has 6 heterocycles. The van der Waals surface area contributed by atoms with Crippen molar-refractivity contribution in [2.24, 2.45) is 23.7 Å². The number of halogens is 1. The largest absolute Gasteiger partial charge is 0.469 e. The zero-order valence-corrected chi connectivity index (χ0v) is 38.6. The fourth-order valence-electron chi connectivity index (χ4n) is 10.1. The second-order valence-corrected chi connectivity index (χ2v) is 18.6. The second-order valence-electron chi connectivity index (χ2n) is 18.6. The van der Waals surface area contributed by atoms with Crippen LogP contribution in [0.2, 0.25) is 0 Å². The van der Waals surface area contributed by atoms with Crippen molar-refractivity contribution in [2.75, 3.05) is 34.4 Å². The first-order chi connectivity index (χ1) is 32.2. The minimum atomic E-state index is -0.785. The van der Waals surface area contributed by atoms with E-state index in [4.69, 9.17) is 19.2 Å². The number of imidazole rings is 2. The molecule has 3 aromatic heterocycles. The third kappa shape index (κ3) is 8.32. The van der Waals surface area contributed by atoms with Gasteiger partial charge in [-0.3, -0.25) is 14.4 Å². The molecule has 2 aromatic carbocycles. The number of amides is 5. The van der Waals surface area contributed by atoms with Crippen LogP contribution < -0.4 is 20.7 Å². The number of rotatable bonds is 12. The van der Waals surface area contributed by atoms with E-state index < -0.39 is 36.3 Å². The highest BCUT2D eigenvalue weighted by Gasteiger charge is 2.52. The average Bonchev–Trinajstić information content (AvgIpc) is 3.98. The maximum absolute atomic E-state index is 16.8. The maximum Gasteiger partial charge on any atom is 0.407 e. The SMILES string of the molecule is CNC(=O)C1CC1C1Oc2cc(-c3cnc([C@@H]4CCCN4C(=O)[C@@H](NC(=O)OC)C(C)C)[nH]3)cc(F)c2-c2cc3cc(-c4cnc([C@@H]5CCCN5C(=O)[C@@H](NC(=O)OC)C(C)C)[nH]4)ccc3n21. The van der Waals surface area contributed by atoms with Gasteiger partial charge in [-0.25, -0.2) is 23.9 Å². The minimum absolute atomic E-state index is 0.0816. The summed E-state index contributed by atoms with van der Waals surface area (Å²) < 4.78 is 35.1. The van der Waals surface area contributed by atoms with Gasteiger partial charge in [0.1, 0.15) is 35.3 Å². The van der Waals surface area contributed by atoms with Gasteiger partial charge < -0.3 is 54.5 Å². The van der Waals surface area contributed by atoms with Gasteiger partial charge in [-0.15, -0.1) is 0 Å². The summed E-state index contributed by atoms with van der Waals surface area (Å²) in [6, 6.07) is 8.89. The first-order valence-corrected chi connectivity index (χ1v) is 23.0. The van der Waals surface area contributed by atoms with Crippen molar-refractivity contribution < 1.29 is 42.6 Å². The Bertz CT molecular complexity index is 2740. The number of fused-ring (bicyclic) bond motifs is 5. The summed E-state index contributed by atoms with van der Waals surface area (Å²) in [4.78, 5) is 84.4. The Morgan fingerprint density at radius 1 is 0.791 bits per heavy atom. The van der Waals surface area contributed by atoms with E-state index in [2.05, 4.69) is 30.9 Å². The van der Waals surface area contributed by atoms with Crippen LogP contribution in [0.1, 0.15) is 89.8 Å². The van der Waals surface area contributed by atoms with Crippen molar-refractivity contribution in [2.45, 2.75) is 90.2 Å². The van der Waals surface area contributed by atoms with Gasteiger partial charge in [0.25, 0.3) is 0 Å². The molecule has 0 bridgehead atoms. The summed E-state index contributed by atoms with van der Waals surface area (Å²) in [5.41, 5.74) is 4.31. The lowest BCUT2D eigenvalue weighted by atomic mass is 10.0. The first-order valence-electron chi connectivity index (χ1n) is 23.0. The molecule has 5 aromatic rings. The third-order valence-corrected chi connectivity index (χ3v) is 13.7. The third-order valence-electron chi connectivity index (χ3n) is 13.7. The summed E-state index contributed by atoms with van der Waals surface area (Å²) >= 11 is 0. The molecule has 3 fully saturated rings. The summed E-state index contributed by atoms with van der Waals surface area (Å²) in [5, 5.41) is 8.96. The number of ether oxygens (including phenoxy) is 3. The molecule has 4 aliphatic rings. The number of nitrogens with one attached hydrogen (secondary N) is 5. The molecule has 2 saturated heterocycles. The molecule has 1 saturated carbocycles. The molecule has 354 valence electrons. The molecule has 7 atom stereocenters. The molecule has 67 heavy (non-hydrogen) atoms. The topological polar surface area (TPSA) is 218 Å². The Labute approximate surface area is 386 Å². The van der Waals surface area contributed by atoms with E-state index in [1.54, 1.807) is 35.3 Å². The van der Waals surface area contributed by atoms with Crippen molar-refractivity contribution in [3.63, 3.8) is 0 Å². The Morgan fingerprint density at radius 3 is 1.90 bits per heavy atom. The molecular weight excluding hydrogens is 864 g/mol. The lowest BCUT2D eigenvalue weighted by Crippen LogP contribution is -2.51. The number of aromatic amines is 2. The summed E-state index contributed by atoms with van der Waals surface area (Å²) in [6.45, 7) is 8.48. The number of benzene rings is 2. The smallest absolute Gasteiger partial charge is 0.407 e. The van der Waals surface area contributed by atoms with E-state index in [9.17, 15) is 24.0 Å². The molecule has 19 heteroatoms. The number of likely N-dealkylation sites (tertiary alicyclic amines) is 2. The van der Waals surface area contributed by atoms with Crippen LogP contribution in [0.4, 0.5) is 14.0 Å². The quantitative estimate of drug-likeness (QED) is 0.0905. The maximum atomic E-state index is 16.8. The van der Waals surface area contributed by atoms with Gasteiger partial charge in [-0.05, 0) is 74.3 Å². The molecular formula is C48H57FN10O8. The summed E-state index contributed by atoms with van der Waals surface area (Å²) in [7, 11) is 4.14. The highest BCUT2D eigenvalue weighted by Crippen LogP contribution is 2.54. The molecule has 18 nitrogen and oxygen atoms in total. The number of alkyl carbamates (subject to hydrolysis) is 2. The van der Waals surface area contributed by atoms with Crippen LogP contribution in [0.25, 0.3) is 44.7 Å². The lowest BCUT2D eigenvalue weighted by molar-refractivity contribution is -0.136. The Kier molecular flexibility index (Phi) is 12.2. The van der Waals surface area contributed by atoms with Crippen LogP contribution in [0.3, 0.4) is 0 Å². The highest BCUT2D eigenvalue weighted by molar-refractivity contribution is 5.93. The van der Waals surface area contributed by atoms with Gasteiger partial charge in [0.2, 0.25) is 17.7 Å². The van der Waals surface area contributed by atoms with Crippen LogP contribution in [0.5, 0.6) is 5.75 Å². The van der Waals surface area contributed by atoms with Gasteiger partial charge in [0.05, 0.1) is 66.9 Å². The fraction of sp³-hybridized carbons (Fsp3) is 0.479. The Hall–Kier alpha value is -6.92. The lowest BCUT2D eigenvalue weighted by Gasteiger charge is -2.31. The number of carbonyl (C=O) groups is 5. The van der Waals surface area contributed by atoms with E-state index in [0.29, 0.717) is 66.7 Å². The predicted molar refractivity (Wildman–Crippen MR) is 244 cm³/mol. The Morgan fingerprint density at radius 2 is 1.36 bits per heavy atom. The van der Waals surface area contributed by atoms with Crippen LogP contribution in [-0.4, -0.2) is 111 Å². The molecule has 3 unspecified atom stereocenters. The molecule has 9 rings (SSSR count). The van der Waals surface area contributed by atoms with Crippen LogP contribution in [-0.2, 0) is 23.9 Å². The van der Waals surface area contributed by atoms with Crippen LogP contribution >= 0.6 is 0 Å². The number of hydrogen-bond acceptors (Lipinski definition) is 10. The molecule has 0 spiro atoms. The molecule has 5 N–H and O–H groups in total. The van der Waals surface area contributed by atoms with Crippen molar-refractivity contribution in [3.8, 4) is 39.5 Å². The van der Waals surface area contributed by atoms with E-state index >= 15 is 4.39 Å². The second kappa shape index (κ2) is 18.0. The first kappa shape index (κ1) is 45.2. The summed E-state index contributed by atoms with van der Waals surface area (Å²) in [6.07, 6.45) is 4.90. The number of carbonyl (C=O) groups excluding carboxylic acids is 5. The van der Waals surface area contributed by atoms with E-state index in [-0.39, 0.29) is 59.0 Å². The van der Waals surface area contributed by atoms with Crippen molar-refractivity contribution in [3.05, 3.63) is 66.3 Å². The van der Waals surface area contributed by atoms with Gasteiger partial charge >= 0.3 is 12.2 Å². The highest BCUT2D eigenvalue weighted by atomic mass is 19.1. The van der Waals surface area contributed by atoms with E-state index in [0.717, 1.165) is 35.0 Å². The number of aromatic nitrogens is 5. The van der Waals surface area contributed by atoms with Gasteiger partial charge in [0.15, 0.2) is 6.23 Å². The monoisotopic (exact) mass is 920 g/mol. The summed E-state index contributed by atoms with van der Waals surface area (Å²) in [5.74, 6) is -0.310.